The minimum atomic E-state index is -1.40. The molecule has 2 aromatic heterocycles. The van der Waals surface area contributed by atoms with Crippen LogP contribution in [0.1, 0.15) is 30.5 Å². The number of cyclic esters (lactones) is 1. The van der Waals surface area contributed by atoms with Crippen molar-refractivity contribution in [1.82, 2.24) is 15.0 Å². The number of thiazole rings is 1. The predicted molar refractivity (Wildman–Crippen MR) is 115 cm³/mol. The van der Waals surface area contributed by atoms with Gasteiger partial charge < -0.3 is 4.74 Å². The van der Waals surface area contributed by atoms with E-state index in [0.717, 1.165) is 26.5 Å². The van der Waals surface area contributed by atoms with E-state index in [1.54, 1.807) is 6.20 Å². The number of aromatic nitrogens is 3. The average Bonchev–Trinajstić information content (AvgIpc) is 3.37. The van der Waals surface area contributed by atoms with Gasteiger partial charge in [-0.25, -0.2) is 33.4 Å². The van der Waals surface area contributed by atoms with Gasteiger partial charge in [-0.15, -0.1) is 11.3 Å². The first-order valence-electron chi connectivity index (χ1n) is 9.66. The van der Waals surface area contributed by atoms with E-state index in [9.17, 15) is 13.6 Å². The van der Waals surface area contributed by atoms with Gasteiger partial charge >= 0.3 is 6.09 Å². The molecule has 0 aliphatic carbocycles. The molecule has 6 nitrogen and oxygen atoms in total. The van der Waals surface area contributed by atoms with Crippen LogP contribution < -0.4 is 4.90 Å². The zero-order valence-corrected chi connectivity index (χ0v) is 18.3. The van der Waals surface area contributed by atoms with E-state index in [2.05, 4.69) is 15.0 Å². The van der Waals surface area contributed by atoms with Gasteiger partial charge in [0.1, 0.15) is 29.7 Å². The molecule has 1 fully saturated rings. The van der Waals surface area contributed by atoms with Crippen molar-refractivity contribution in [2.24, 2.45) is 0 Å². The van der Waals surface area contributed by atoms with Gasteiger partial charge in [-0.1, -0.05) is 30.7 Å². The van der Waals surface area contributed by atoms with E-state index < -0.39 is 24.1 Å². The van der Waals surface area contributed by atoms with Crippen molar-refractivity contribution in [2.75, 3.05) is 11.5 Å². The fraction of sp³-hybridized carbons (Fsp3) is 0.333. The first kappa shape index (κ1) is 21.6. The molecule has 31 heavy (non-hydrogen) atoms. The topological polar surface area (TPSA) is 68.2 Å². The highest BCUT2D eigenvalue weighted by atomic mass is 35.5. The monoisotopic (exact) mass is 464 g/mol. The minimum Gasteiger partial charge on any atom is -0.447 e. The summed E-state index contributed by atoms with van der Waals surface area (Å²) in [6.45, 7) is 3.13. The van der Waals surface area contributed by atoms with Gasteiger partial charge in [0.15, 0.2) is 11.6 Å². The molecule has 1 aliphatic rings. The highest BCUT2D eigenvalue weighted by molar-refractivity contribution is 7.15. The lowest BCUT2D eigenvalue weighted by Gasteiger charge is -2.22. The molecule has 3 atom stereocenters. The Morgan fingerprint density at radius 2 is 2.00 bits per heavy atom. The highest BCUT2D eigenvalue weighted by Gasteiger charge is 2.40. The zero-order valence-electron chi connectivity index (χ0n) is 16.8. The molecule has 10 heteroatoms. The van der Waals surface area contributed by atoms with Gasteiger partial charge in [0.05, 0.1) is 6.20 Å². The van der Waals surface area contributed by atoms with E-state index in [4.69, 9.17) is 16.3 Å². The fourth-order valence-corrected chi connectivity index (χ4v) is 4.39. The van der Waals surface area contributed by atoms with Crippen LogP contribution in [0.15, 0.2) is 36.7 Å². The first-order valence-corrected chi connectivity index (χ1v) is 10.9. The summed E-state index contributed by atoms with van der Waals surface area (Å²) in [4.78, 5) is 26.7. The second kappa shape index (κ2) is 8.84. The number of rotatable bonds is 6. The van der Waals surface area contributed by atoms with E-state index in [0.29, 0.717) is 17.3 Å². The predicted octanol–water partition coefficient (Wildman–Crippen LogP) is 5.42. The Morgan fingerprint density at radius 3 is 2.71 bits per heavy atom. The highest BCUT2D eigenvalue weighted by Crippen LogP contribution is 2.32. The summed E-state index contributed by atoms with van der Waals surface area (Å²) in [5, 5.41) is 1.52. The molecule has 0 saturated carbocycles. The molecule has 3 heterocycles. The summed E-state index contributed by atoms with van der Waals surface area (Å²) in [6, 6.07) is 6.50. The van der Waals surface area contributed by atoms with Crippen LogP contribution in [0.5, 0.6) is 0 Å². The molecule has 0 N–H and O–H groups in total. The molecule has 0 radical (unpaired) electrons. The van der Waals surface area contributed by atoms with E-state index in [1.807, 2.05) is 31.2 Å². The maximum atomic E-state index is 14.4. The van der Waals surface area contributed by atoms with Crippen LogP contribution in [0.3, 0.4) is 0 Å². The molecule has 0 spiro atoms. The van der Waals surface area contributed by atoms with Crippen LogP contribution >= 0.6 is 22.9 Å². The number of alkyl halides is 1. The standard InChI is InChI=1S/C21H19ClF2N4O2S/c1-11(17-9-26-20(31-17)13-3-5-14(22)6-4-13)7-18-25-8-15(24)19(27-18)28-16(12(2)23)10-30-21(28)29/h3-6,8-9,11-12,16H,7,10H2,1-2H3/t11-,12-,16-/m1/s1. The van der Waals surface area contributed by atoms with Crippen LogP contribution in [0.25, 0.3) is 10.6 Å². The number of hydrogen-bond acceptors (Lipinski definition) is 6. The summed E-state index contributed by atoms with van der Waals surface area (Å²) in [6.07, 6.45) is 0.978. The molecular formula is C21H19ClF2N4O2S. The minimum absolute atomic E-state index is 0.00159. The molecule has 4 rings (SSSR count). The molecule has 1 aromatic carbocycles. The van der Waals surface area contributed by atoms with Crippen molar-refractivity contribution in [3.63, 3.8) is 0 Å². The molecule has 3 aromatic rings. The van der Waals surface area contributed by atoms with Crippen LogP contribution in [0.2, 0.25) is 5.02 Å². The number of hydrogen-bond donors (Lipinski definition) is 0. The number of ether oxygens (including phenoxy) is 1. The largest absolute Gasteiger partial charge is 0.447 e. The van der Waals surface area contributed by atoms with Gasteiger partial charge in [-0.3, -0.25) is 0 Å². The fourth-order valence-electron chi connectivity index (χ4n) is 3.29. The lowest BCUT2D eigenvalue weighted by Crippen LogP contribution is -2.40. The first-order chi connectivity index (χ1) is 14.8. The maximum absolute atomic E-state index is 14.4. The Labute approximate surface area is 186 Å². The SMILES string of the molecule is C[C@H](Cc1ncc(F)c(N2C(=O)OC[C@@H]2[C@@H](C)F)n1)c1cnc(-c2ccc(Cl)cc2)s1. The van der Waals surface area contributed by atoms with Gasteiger partial charge in [0.25, 0.3) is 0 Å². The van der Waals surface area contributed by atoms with Gasteiger partial charge in [-0.2, -0.15) is 0 Å². The number of halogens is 3. The number of anilines is 1. The molecular weight excluding hydrogens is 446 g/mol. The number of nitrogens with zero attached hydrogens (tertiary/aromatic N) is 4. The third-order valence-electron chi connectivity index (χ3n) is 5.03. The molecule has 0 bridgehead atoms. The van der Waals surface area contributed by atoms with Crippen molar-refractivity contribution in [3.05, 3.63) is 58.2 Å². The Balaban J connectivity index is 1.54. The second-order valence-electron chi connectivity index (χ2n) is 7.33. The van der Waals surface area contributed by atoms with Crippen molar-refractivity contribution in [1.29, 1.82) is 0 Å². The lowest BCUT2D eigenvalue weighted by atomic mass is 10.1. The van der Waals surface area contributed by atoms with Crippen LogP contribution in [0, 0.1) is 5.82 Å². The normalized spacial score (nSPS) is 18.2. The summed E-state index contributed by atoms with van der Waals surface area (Å²) in [7, 11) is 0. The van der Waals surface area contributed by atoms with Crippen molar-refractivity contribution in [3.8, 4) is 10.6 Å². The summed E-state index contributed by atoms with van der Waals surface area (Å²) in [5.41, 5.74) is 0.965. The van der Waals surface area contributed by atoms with Crippen molar-refractivity contribution in [2.45, 2.75) is 38.4 Å². The van der Waals surface area contributed by atoms with Crippen LogP contribution in [-0.4, -0.2) is 39.9 Å². The lowest BCUT2D eigenvalue weighted by molar-refractivity contribution is 0.174. The quantitative estimate of drug-likeness (QED) is 0.487. The Hall–Kier alpha value is -2.65. The van der Waals surface area contributed by atoms with Crippen LogP contribution in [-0.2, 0) is 11.2 Å². The third kappa shape index (κ3) is 4.52. The van der Waals surface area contributed by atoms with E-state index in [-0.39, 0.29) is 18.3 Å². The van der Waals surface area contributed by atoms with Crippen molar-refractivity contribution < 1.29 is 18.3 Å². The molecule has 1 saturated heterocycles. The molecule has 0 unspecified atom stereocenters. The van der Waals surface area contributed by atoms with E-state index in [1.165, 1.54) is 18.3 Å². The Kier molecular flexibility index (Phi) is 6.15. The van der Waals surface area contributed by atoms with Gasteiger partial charge in [-0.05, 0) is 25.0 Å². The van der Waals surface area contributed by atoms with Crippen molar-refractivity contribution >= 4 is 34.8 Å². The smallest absolute Gasteiger partial charge is 0.416 e. The number of carbonyl (C=O) groups excluding carboxylic acids is 1. The van der Waals surface area contributed by atoms with E-state index >= 15 is 0 Å². The zero-order chi connectivity index (χ0) is 22.1. The summed E-state index contributed by atoms with van der Waals surface area (Å²) in [5.74, 6) is -0.724. The summed E-state index contributed by atoms with van der Waals surface area (Å²) >= 11 is 7.48. The molecule has 1 aliphatic heterocycles. The Morgan fingerprint density at radius 1 is 1.26 bits per heavy atom. The van der Waals surface area contributed by atoms with Gasteiger partial charge in [0, 0.05) is 28.1 Å². The third-order valence-corrected chi connectivity index (χ3v) is 6.56. The number of amides is 1. The van der Waals surface area contributed by atoms with Gasteiger partial charge in [0.2, 0.25) is 0 Å². The second-order valence-corrected chi connectivity index (χ2v) is 8.83. The average molecular weight is 465 g/mol. The molecule has 1 amide bonds. The summed E-state index contributed by atoms with van der Waals surface area (Å²) < 4.78 is 33.2. The molecule has 162 valence electrons. The number of benzene rings is 1. The van der Waals surface area contributed by atoms with Crippen LogP contribution in [0.4, 0.5) is 19.4 Å². The maximum Gasteiger partial charge on any atom is 0.416 e. The Bertz CT molecular complexity index is 1090. The number of carbonyl (C=O) groups is 1.